The SMILES string of the molecule is CCSc1ccc(C(C)NC(=O)CCCN)cc1.Cl. The molecular formula is C14H23ClN2OS. The summed E-state index contributed by atoms with van der Waals surface area (Å²) in [6, 6.07) is 8.41. The van der Waals surface area contributed by atoms with Gasteiger partial charge in [0.05, 0.1) is 6.04 Å². The maximum atomic E-state index is 11.6. The molecule has 108 valence electrons. The summed E-state index contributed by atoms with van der Waals surface area (Å²) in [5.41, 5.74) is 6.52. The summed E-state index contributed by atoms with van der Waals surface area (Å²) < 4.78 is 0. The van der Waals surface area contributed by atoms with Crippen LogP contribution in [-0.2, 0) is 4.79 Å². The minimum absolute atomic E-state index is 0. The molecule has 0 heterocycles. The lowest BCUT2D eigenvalue weighted by molar-refractivity contribution is -0.121. The number of nitrogens with two attached hydrogens (primary N) is 1. The highest BCUT2D eigenvalue weighted by Crippen LogP contribution is 2.20. The number of halogens is 1. The standard InChI is InChI=1S/C14H22N2OS.ClH/c1-3-18-13-8-6-12(7-9-13)11(2)16-14(17)5-4-10-15;/h6-9,11H,3-5,10,15H2,1-2H3,(H,16,17);1H. The summed E-state index contributed by atoms with van der Waals surface area (Å²) in [6.45, 7) is 4.70. The first-order valence-corrected chi connectivity index (χ1v) is 7.38. The second kappa shape index (κ2) is 10.1. The van der Waals surface area contributed by atoms with Crippen molar-refractivity contribution in [3.63, 3.8) is 0 Å². The summed E-state index contributed by atoms with van der Waals surface area (Å²) in [4.78, 5) is 12.9. The van der Waals surface area contributed by atoms with Gasteiger partial charge in [0.15, 0.2) is 0 Å². The molecule has 0 aliphatic rings. The highest BCUT2D eigenvalue weighted by molar-refractivity contribution is 7.99. The van der Waals surface area contributed by atoms with Gasteiger partial charge in [-0.25, -0.2) is 0 Å². The molecule has 19 heavy (non-hydrogen) atoms. The van der Waals surface area contributed by atoms with Crippen molar-refractivity contribution in [2.45, 2.75) is 37.6 Å². The van der Waals surface area contributed by atoms with E-state index in [1.165, 1.54) is 4.90 Å². The van der Waals surface area contributed by atoms with E-state index in [1.807, 2.05) is 18.7 Å². The van der Waals surface area contributed by atoms with Crippen LogP contribution in [-0.4, -0.2) is 18.2 Å². The van der Waals surface area contributed by atoms with Gasteiger partial charge in [-0.05, 0) is 43.3 Å². The van der Waals surface area contributed by atoms with Crippen molar-refractivity contribution in [3.8, 4) is 0 Å². The van der Waals surface area contributed by atoms with Gasteiger partial charge in [0.1, 0.15) is 0 Å². The number of benzene rings is 1. The molecule has 1 rings (SSSR count). The number of carbonyl (C=O) groups excluding carboxylic acids is 1. The van der Waals surface area contributed by atoms with Crippen LogP contribution in [0.5, 0.6) is 0 Å². The van der Waals surface area contributed by atoms with Crippen molar-refractivity contribution in [3.05, 3.63) is 29.8 Å². The third kappa shape index (κ3) is 6.85. The predicted molar refractivity (Wildman–Crippen MR) is 84.9 cm³/mol. The highest BCUT2D eigenvalue weighted by Gasteiger charge is 2.08. The van der Waals surface area contributed by atoms with Crippen molar-refractivity contribution >= 4 is 30.1 Å². The number of hydrogen-bond acceptors (Lipinski definition) is 3. The fourth-order valence-electron chi connectivity index (χ4n) is 1.68. The van der Waals surface area contributed by atoms with Gasteiger partial charge in [-0.2, -0.15) is 0 Å². The Balaban J connectivity index is 0.00000324. The first-order chi connectivity index (χ1) is 8.67. The van der Waals surface area contributed by atoms with Crippen molar-refractivity contribution in [1.29, 1.82) is 0 Å². The summed E-state index contributed by atoms with van der Waals surface area (Å²) in [5.74, 6) is 1.14. The Kier molecular flexibility index (Phi) is 9.74. The molecule has 3 nitrogen and oxygen atoms in total. The number of thioether (sulfide) groups is 1. The van der Waals surface area contributed by atoms with E-state index in [1.54, 1.807) is 0 Å². The molecule has 0 saturated heterocycles. The second-order valence-corrected chi connectivity index (χ2v) is 5.52. The largest absolute Gasteiger partial charge is 0.350 e. The molecule has 1 unspecified atom stereocenters. The van der Waals surface area contributed by atoms with Crippen LogP contribution in [0.1, 0.15) is 38.3 Å². The van der Waals surface area contributed by atoms with Gasteiger partial charge in [-0.3, -0.25) is 4.79 Å². The molecule has 3 N–H and O–H groups in total. The van der Waals surface area contributed by atoms with Gasteiger partial charge in [0.25, 0.3) is 0 Å². The van der Waals surface area contributed by atoms with E-state index >= 15 is 0 Å². The summed E-state index contributed by atoms with van der Waals surface area (Å²) in [7, 11) is 0. The first kappa shape index (κ1) is 18.3. The average Bonchev–Trinajstić information content (AvgIpc) is 2.37. The summed E-state index contributed by atoms with van der Waals surface area (Å²) in [5, 5.41) is 2.98. The zero-order chi connectivity index (χ0) is 13.4. The smallest absolute Gasteiger partial charge is 0.220 e. The minimum atomic E-state index is 0. The molecular weight excluding hydrogens is 280 g/mol. The Bertz CT molecular complexity index is 370. The molecule has 0 aliphatic heterocycles. The molecule has 0 aromatic heterocycles. The summed E-state index contributed by atoms with van der Waals surface area (Å²) in [6.07, 6.45) is 1.25. The van der Waals surface area contributed by atoms with E-state index in [0.29, 0.717) is 13.0 Å². The van der Waals surface area contributed by atoms with Crippen LogP contribution in [0.2, 0.25) is 0 Å². The Hall–Kier alpha value is -0.710. The number of amides is 1. The zero-order valence-corrected chi connectivity index (χ0v) is 13.2. The van der Waals surface area contributed by atoms with Crippen molar-refractivity contribution in [2.24, 2.45) is 5.73 Å². The van der Waals surface area contributed by atoms with Crippen LogP contribution >= 0.6 is 24.2 Å². The Morgan fingerprint density at radius 2 is 2.00 bits per heavy atom. The number of nitrogens with one attached hydrogen (secondary N) is 1. The molecule has 5 heteroatoms. The quantitative estimate of drug-likeness (QED) is 0.761. The average molecular weight is 303 g/mol. The number of rotatable bonds is 7. The van der Waals surface area contributed by atoms with Crippen LogP contribution in [0.15, 0.2) is 29.2 Å². The maximum absolute atomic E-state index is 11.6. The lowest BCUT2D eigenvalue weighted by Gasteiger charge is -2.14. The molecule has 0 spiro atoms. The van der Waals surface area contributed by atoms with Crippen LogP contribution < -0.4 is 11.1 Å². The fraction of sp³-hybridized carbons (Fsp3) is 0.500. The molecule has 1 aromatic carbocycles. The number of carbonyl (C=O) groups is 1. The van der Waals surface area contributed by atoms with Gasteiger partial charge in [-0.15, -0.1) is 24.2 Å². The summed E-state index contributed by atoms with van der Waals surface area (Å²) >= 11 is 1.82. The van der Waals surface area contributed by atoms with Crippen molar-refractivity contribution < 1.29 is 4.79 Å². The van der Waals surface area contributed by atoms with E-state index in [4.69, 9.17) is 5.73 Å². The third-order valence-electron chi connectivity index (χ3n) is 2.68. The molecule has 0 aliphatic carbocycles. The maximum Gasteiger partial charge on any atom is 0.220 e. The normalized spacial score (nSPS) is 11.5. The lowest BCUT2D eigenvalue weighted by atomic mass is 10.1. The monoisotopic (exact) mass is 302 g/mol. The van der Waals surface area contributed by atoms with Gasteiger partial charge in [0, 0.05) is 11.3 Å². The Labute approximate surface area is 126 Å². The van der Waals surface area contributed by atoms with E-state index in [0.717, 1.165) is 17.7 Å². The highest BCUT2D eigenvalue weighted by atomic mass is 35.5. The molecule has 0 bridgehead atoms. The second-order valence-electron chi connectivity index (χ2n) is 4.18. The molecule has 0 saturated carbocycles. The molecule has 0 fully saturated rings. The zero-order valence-electron chi connectivity index (χ0n) is 11.5. The third-order valence-corrected chi connectivity index (χ3v) is 3.57. The Morgan fingerprint density at radius 1 is 1.37 bits per heavy atom. The van der Waals surface area contributed by atoms with Crippen LogP contribution in [0.4, 0.5) is 0 Å². The van der Waals surface area contributed by atoms with E-state index in [-0.39, 0.29) is 24.4 Å². The van der Waals surface area contributed by atoms with Crippen molar-refractivity contribution in [2.75, 3.05) is 12.3 Å². The van der Waals surface area contributed by atoms with Crippen LogP contribution in [0.25, 0.3) is 0 Å². The number of hydrogen-bond donors (Lipinski definition) is 2. The van der Waals surface area contributed by atoms with Gasteiger partial charge < -0.3 is 11.1 Å². The topological polar surface area (TPSA) is 55.1 Å². The molecule has 1 aromatic rings. The molecule has 1 atom stereocenters. The molecule has 1 amide bonds. The fourth-order valence-corrected chi connectivity index (χ4v) is 2.34. The minimum Gasteiger partial charge on any atom is -0.350 e. The van der Waals surface area contributed by atoms with E-state index in [9.17, 15) is 4.79 Å². The van der Waals surface area contributed by atoms with Crippen LogP contribution in [0.3, 0.4) is 0 Å². The first-order valence-electron chi connectivity index (χ1n) is 6.39. The van der Waals surface area contributed by atoms with Crippen molar-refractivity contribution in [1.82, 2.24) is 5.32 Å². The Morgan fingerprint density at radius 3 is 2.53 bits per heavy atom. The van der Waals surface area contributed by atoms with Gasteiger partial charge >= 0.3 is 0 Å². The van der Waals surface area contributed by atoms with Gasteiger partial charge in [-0.1, -0.05) is 19.1 Å². The van der Waals surface area contributed by atoms with E-state index < -0.39 is 0 Å². The predicted octanol–water partition coefficient (Wildman–Crippen LogP) is 3.14. The lowest BCUT2D eigenvalue weighted by Crippen LogP contribution is -2.26. The van der Waals surface area contributed by atoms with Crippen LogP contribution in [0, 0.1) is 0 Å². The van der Waals surface area contributed by atoms with E-state index in [2.05, 4.69) is 36.5 Å². The molecule has 0 radical (unpaired) electrons. The van der Waals surface area contributed by atoms with Gasteiger partial charge in [0.2, 0.25) is 5.91 Å².